The SMILES string of the molecule is CCOC(=O)/C=C1\NCCN1Cc1ccc(Cl)nc1. The van der Waals surface area contributed by atoms with Gasteiger partial charge in [0, 0.05) is 25.8 Å². The number of esters is 1. The number of carbonyl (C=O) groups excluding carboxylic acids is 1. The molecule has 2 heterocycles. The van der Waals surface area contributed by atoms with Crippen molar-refractivity contribution in [2.45, 2.75) is 13.5 Å². The van der Waals surface area contributed by atoms with E-state index >= 15 is 0 Å². The van der Waals surface area contributed by atoms with Crippen molar-refractivity contribution in [2.75, 3.05) is 19.7 Å². The first-order valence-electron chi connectivity index (χ1n) is 6.16. The molecule has 1 aliphatic rings. The van der Waals surface area contributed by atoms with Gasteiger partial charge in [-0.3, -0.25) is 0 Å². The fourth-order valence-electron chi connectivity index (χ4n) is 1.87. The molecular weight excluding hydrogens is 266 g/mol. The van der Waals surface area contributed by atoms with Crippen LogP contribution in [0.5, 0.6) is 0 Å². The summed E-state index contributed by atoms with van der Waals surface area (Å²) in [6.07, 6.45) is 3.22. The lowest BCUT2D eigenvalue weighted by Crippen LogP contribution is -2.21. The van der Waals surface area contributed by atoms with Gasteiger partial charge < -0.3 is 15.0 Å². The smallest absolute Gasteiger partial charge is 0.334 e. The molecule has 1 saturated heterocycles. The van der Waals surface area contributed by atoms with Gasteiger partial charge in [0.25, 0.3) is 0 Å². The van der Waals surface area contributed by atoms with Crippen LogP contribution in [0, 0.1) is 0 Å². The van der Waals surface area contributed by atoms with E-state index in [-0.39, 0.29) is 5.97 Å². The van der Waals surface area contributed by atoms with Gasteiger partial charge in [-0.1, -0.05) is 17.7 Å². The maximum Gasteiger partial charge on any atom is 0.334 e. The number of hydrogen-bond acceptors (Lipinski definition) is 5. The highest BCUT2D eigenvalue weighted by molar-refractivity contribution is 6.29. The second-order valence-corrected chi connectivity index (χ2v) is 4.51. The number of nitrogens with zero attached hydrogens (tertiary/aromatic N) is 2. The Kier molecular flexibility index (Phi) is 4.63. The molecule has 0 bridgehead atoms. The van der Waals surface area contributed by atoms with Crippen molar-refractivity contribution in [1.82, 2.24) is 15.2 Å². The number of ether oxygens (including phenoxy) is 1. The summed E-state index contributed by atoms with van der Waals surface area (Å²) in [7, 11) is 0. The number of halogens is 1. The normalized spacial score (nSPS) is 16.5. The summed E-state index contributed by atoms with van der Waals surface area (Å²) in [5, 5.41) is 3.64. The molecule has 0 saturated carbocycles. The lowest BCUT2D eigenvalue weighted by atomic mass is 10.2. The second kappa shape index (κ2) is 6.43. The first kappa shape index (κ1) is 13.7. The zero-order valence-electron chi connectivity index (χ0n) is 10.7. The topological polar surface area (TPSA) is 54.5 Å². The molecule has 1 aliphatic heterocycles. The van der Waals surface area contributed by atoms with Crippen molar-refractivity contribution in [3.8, 4) is 0 Å². The second-order valence-electron chi connectivity index (χ2n) is 4.12. The van der Waals surface area contributed by atoms with E-state index in [9.17, 15) is 4.79 Å². The molecule has 1 fully saturated rings. The molecule has 0 spiro atoms. The van der Waals surface area contributed by atoms with Gasteiger partial charge in [-0.2, -0.15) is 0 Å². The van der Waals surface area contributed by atoms with Crippen LogP contribution in [0.2, 0.25) is 5.15 Å². The molecule has 1 N–H and O–H groups in total. The maximum atomic E-state index is 11.4. The Morgan fingerprint density at radius 2 is 2.47 bits per heavy atom. The molecule has 6 heteroatoms. The average Bonchev–Trinajstić information content (AvgIpc) is 2.80. The standard InChI is InChI=1S/C13H16ClN3O2/c1-2-19-13(18)7-12-15-5-6-17(12)9-10-3-4-11(14)16-8-10/h3-4,7-8,15H,2,5-6,9H2,1H3/b12-7+. The van der Waals surface area contributed by atoms with Crippen molar-refractivity contribution in [3.63, 3.8) is 0 Å². The van der Waals surface area contributed by atoms with E-state index in [2.05, 4.69) is 15.2 Å². The highest BCUT2D eigenvalue weighted by Gasteiger charge is 2.18. The lowest BCUT2D eigenvalue weighted by molar-refractivity contribution is -0.137. The highest BCUT2D eigenvalue weighted by Crippen LogP contribution is 2.14. The van der Waals surface area contributed by atoms with Gasteiger partial charge in [0.1, 0.15) is 11.0 Å². The number of rotatable bonds is 4. The van der Waals surface area contributed by atoms with Gasteiger partial charge in [-0.25, -0.2) is 9.78 Å². The van der Waals surface area contributed by atoms with Crippen LogP contribution in [0.1, 0.15) is 12.5 Å². The Bertz CT molecular complexity index is 473. The van der Waals surface area contributed by atoms with E-state index in [0.29, 0.717) is 18.3 Å². The number of hydrogen-bond donors (Lipinski definition) is 1. The monoisotopic (exact) mass is 281 g/mol. The Morgan fingerprint density at radius 3 is 3.16 bits per heavy atom. The van der Waals surface area contributed by atoms with E-state index in [1.54, 1.807) is 19.2 Å². The predicted octanol–water partition coefficient (Wildman–Crippen LogP) is 1.54. The Hall–Kier alpha value is -1.75. The van der Waals surface area contributed by atoms with Crippen LogP contribution in [-0.4, -0.2) is 35.5 Å². The van der Waals surface area contributed by atoms with Crippen LogP contribution in [-0.2, 0) is 16.1 Å². The molecule has 5 nitrogen and oxygen atoms in total. The Labute approximate surface area is 117 Å². The van der Waals surface area contributed by atoms with Gasteiger partial charge in [0.2, 0.25) is 0 Å². The molecule has 19 heavy (non-hydrogen) atoms. The van der Waals surface area contributed by atoms with Crippen molar-refractivity contribution in [2.24, 2.45) is 0 Å². The number of aromatic nitrogens is 1. The number of nitrogens with one attached hydrogen (secondary N) is 1. The highest BCUT2D eigenvalue weighted by atomic mass is 35.5. The summed E-state index contributed by atoms with van der Waals surface area (Å²) in [6.45, 7) is 4.50. The lowest BCUT2D eigenvalue weighted by Gasteiger charge is -2.18. The third-order valence-electron chi connectivity index (χ3n) is 2.73. The van der Waals surface area contributed by atoms with Gasteiger partial charge in [-0.05, 0) is 18.6 Å². The van der Waals surface area contributed by atoms with Crippen LogP contribution < -0.4 is 5.32 Å². The summed E-state index contributed by atoms with van der Waals surface area (Å²) in [6, 6.07) is 3.69. The van der Waals surface area contributed by atoms with Crippen molar-refractivity contribution in [1.29, 1.82) is 0 Å². The van der Waals surface area contributed by atoms with Crippen molar-refractivity contribution >= 4 is 17.6 Å². The van der Waals surface area contributed by atoms with Gasteiger partial charge >= 0.3 is 5.97 Å². The molecule has 0 atom stereocenters. The van der Waals surface area contributed by atoms with Crippen molar-refractivity contribution < 1.29 is 9.53 Å². The fourth-order valence-corrected chi connectivity index (χ4v) is 1.99. The molecule has 0 aromatic carbocycles. The van der Waals surface area contributed by atoms with Crippen LogP contribution >= 0.6 is 11.6 Å². The third kappa shape index (κ3) is 3.86. The van der Waals surface area contributed by atoms with Gasteiger partial charge in [-0.15, -0.1) is 0 Å². The first-order chi connectivity index (χ1) is 9.19. The maximum absolute atomic E-state index is 11.4. The van der Waals surface area contributed by atoms with Crippen LogP contribution in [0.25, 0.3) is 0 Å². The molecule has 1 aromatic heterocycles. The van der Waals surface area contributed by atoms with Crippen LogP contribution in [0.4, 0.5) is 0 Å². The molecule has 0 unspecified atom stereocenters. The third-order valence-corrected chi connectivity index (χ3v) is 2.96. The minimum Gasteiger partial charge on any atom is -0.463 e. The first-order valence-corrected chi connectivity index (χ1v) is 6.54. The van der Waals surface area contributed by atoms with Crippen LogP contribution in [0.15, 0.2) is 30.2 Å². The van der Waals surface area contributed by atoms with E-state index in [1.165, 1.54) is 6.08 Å². The number of carbonyl (C=O) groups is 1. The summed E-state index contributed by atoms with van der Waals surface area (Å²) in [4.78, 5) is 17.6. The molecular formula is C13H16ClN3O2. The zero-order valence-corrected chi connectivity index (χ0v) is 11.5. The van der Waals surface area contributed by atoms with Crippen molar-refractivity contribution in [3.05, 3.63) is 40.9 Å². The van der Waals surface area contributed by atoms with Crippen LogP contribution in [0.3, 0.4) is 0 Å². The molecule has 0 radical (unpaired) electrons. The molecule has 102 valence electrons. The van der Waals surface area contributed by atoms with E-state index in [4.69, 9.17) is 16.3 Å². The number of pyridine rings is 1. The molecule has 0 aliphatic carbocycles. The average molecular weight is 282 g/mol. The van der Waals surface area contributed by atoms with Gasteiger partial charge in [0.15, 0.2) is 0 Å². The fraction of sp³-hybridized carbons (Fsp3) is 0.385. The molecule has 2 rings (SSSR count). The minimum atomic E-state index is -0.328. The summed E-state index contributed by atoms with van der Waals surface area (Å²) in [5.41, 5.74) is 1.04. The zero-order chi connectivity index (χ0) is 13.7. The summed E-state index contributed by atoms with van der Waals surface area (Å²) < 4.78 is 4.91. The van der Waals surface area contributed by atoms with Gasteiger partial charge in [0.05, 0.1) is 12.7 Å². The quantitative estimate of drug-likeness (QED) is 0.515. The van der Waals surface area contributed by atoms with E-state index < -0.39 is 0 Å². The minimum absolute atomic E-state index is 0.328. The summed E-state index contributed by atoms with van der Waals surface area (Å²) >= 11 is 5.75. The Morgan fingerprint density at radius 1 is 1.63 bits per heavy atom. The van der Waals surface area contributed by atoms with E-state index in [1.807, 2.05) is 6.07 Å². The van der Waals surface area contributed by atoms with E-state index in [0.717, 1.165) is 24.5 Å². The summed E-state index contributed by atoms with van der Waals surface area (Å²) in [5.74, 6) is 0.458. The Balaban J connectivity index is 2.02. The molecule has 1 aromatic rings. The molecule has 0 amide bonds. The predicted molar refractivity (Wildman–Crippen MR) is 72.4 cm³/mol. The largest absolute Gasteiger partial charge is 0.463 e.